The number of aromatic nitrogens is 2. The van der Waals surface area contributed by atoms with Gasteiger partial charge in [0.25, 0.3) is 0 Å². The molecule has 1 aromatic heterocycles. The van der Waals surface area contributed by atoms with Gasteiger partial charge in [-0.1, -0.05) is 16.8 Å². The van der Waals surface area contributed by atoms with Crippen LogP contribution in [-0.2, 0) is 6.54 Å². The van der Waals surface area contributed by atoms with Gasteiger partial charge in [0.15, 0.2) is 5.96 Å². The Bertz CT molecular complexity index is 1000. The Morgan fingerprint density at radius 2 is 1.93 bits per heavy atom. The predicted octanol–water partition coefficient (Wildman–Crippen LogP) is 3.83. The van der Waals surface area contributed by atoms with Gasteiger partial charge < -0.3 is 24.6 Å². The Morgan fingerprint density at radius 3 is 2.60 bits per heavy atom. The average Bonchev–Trinajstić information content (AvgIpc) is 3.25. The van der Waals surface area contributed by atoms with Crippen LogP contribution in [-0.4, -0.2) is 37.4 Å². The number of halogens is 1. The molecule has 30 heavy (non-hydrogen) atoms. The first-order chi connectivity index (χ1) is 14.5. The number of rotatable bonds is 7. The molecule has 9 heteroatoms. The molecule has 0 fully saturated rings. The minimum Gasteiger partial charge on any atom is -0.497 e. The zero-order valence-electron chi connectivity index (χ0n) is 17.3. The van der Waals surface area contributed by atoms with Crippen LogP contribution in [0.2, 0.25) is 5.02 Å². The molecule has 0 aliphatic heterocycles. The standard InChI is InChI=1S/C21H24ClN5O3/c1-13(17-11-16(28-3)9-10-18(17)29-4)25-21(23-2)24-12-19-26-20(27-30-19)14-5-7-15(22)8-6-14/h5-11,13H,12H2,1-4H3,(H2,23,24,25). The van der Waals surface area contributed by atoms with E-state index >= 15 is 0 Å². The van der Waals surface area contributed by atoms with E-state index in [1.54, 1.807) is 33.4 Å². The number of guanidine groups is 1. The van der Waals surface area contributed by atoms with E-state index in [4.69, 9.17) is 25.6 Å². The molecule has 3 rings (SSSR count). The number of aliphatic imine (C=N–C) groups is 1. The highest BCUT2D eigenvalue weighted by atomic mass is 35.5. The van der Waals surface area contributed by atoms with Crippen LogP contribution in [0.4, 0.5) is 0 Å². The molecule has 1 atom stereocenters. The largest absolute Gasteiger partial charge is 0.497 e. The second-order valence-electron chi connectivity index (χ2n) is 6.42. The van der Waals surface area contributed by atoms with Crippen LogP contribution in [0.25, 0.3) is 11.4 Å². The first-order valence-electron chi connectivity index (χ1n) is 9.31. The lowest BCUT2D eigenvalue weighted by Crippen LogP contribution is -2.38. The van der Waals surface area contributed by atoms with Gasteiger partial charge in [0.2, 0.25) is 11.7 Å². The summed E-state index contributed by atoms with van der Waals surface area (Å²) in [6.07, 6.45) is 0. The monoisotopic (exact) mass is 429 g/mol. The van der Waals surface area contributed by atoms with E-state index in [0.717, 1.165) is 22.6 Å². The van der Waals surface area contributed by atoms with E-state index in [2.05, 4.69) is 25.8 Å². The summed E-state index contributed by atoms with van der Waals surface area (Å²) in [4.78, 5) is 8.66. The summed E-state index contributed by atoms with van der Waals surface area (Å²) in [5.74, 6) is 3.03. The molecule has 1 heterocycles. The van der Waals surface area contributed by atoms with Crippen LogP contribution in [0.1, 0.15) is 24.4 Å². The summed E-state index contributed by atoms with van der Waals surface area (Å²) in [7, 11) is 4.96. The second-order valence-corrected chi connectivity index (χ2v) is 6.85. The van der Waals surface area contributed by atoms with Gasteiger partial charge >= 0.3 is 0 Å². The smallest absolute Gasteiger partial charge is 0.246 e. The Kier molecular flexibility index (Phi) is 7.13. The van der Waals surface area contributed by atoms with E-state index in [1.165, 1.54) is 0 Å². The minimum atomic E-state index is -0.0893. The first kappa shape index (κ1) is 21.4. The highest BCUT2D eigenvalue weighted by Crippen LogP contribution is 2.29. The lowest BCUT2D eigenvalue weighted by Gasteiger charge is -2.20. The van der Waals surface area contributed by atoms with Crippen molar-refractivity contribution in [1.82, 2.24) is 20.8 Å². The Hall–Kier alpha value is -3.26. The van der Waals surface area contributed by atoms with Crippen molar-refractivity contribution in [2.75, 3.05) is 21.3 Å². The number of hydrogen-bond donors (Lipinski definition) is 2. The molecule has 0 bridgehead atoms. The lowest BCUT2D eigenvalue weighted by molar-refractivity contribution is 0.375. The van der Waals surface area contributed by atoms with E-state index in [0.29, 0.717) is 29.2 Å². The molecule has 2 aromatic carbocycles. The third-order valence-corrected chi connectivity index (χ3v) is 4.71. The van der Waals surface area contributed by atoms with Gasteiger partial charge in [0.05, 0.1) is 26.8 Å². The molecule has 0 spiro atoms. The Labute approximate surface area is 180 Å². The van der Waals surface area contributed by atoms with Crippen LogP contribution in [0.3, 0.4) is 0 Å². The summed E-state index contributed by atoms with van der Waals surface area (Å²) >= 11 is 5.92. The average molecular weight is 430 g/mol. The molecule has 0 radical (unpaired) electrons. The molecule has 2 N–H and O–H groups in total. The molecule has 0 amide bonds. The zero-order chi connectivity index (χ0) is 21.5. The van der Waals surface area contributed by atoms with Gasteiger partial charge in [-0.2, -0.15) is 4.98 Å². The van der Waals surface area contributed by atoms with E-state index < -0.39 is 0 Å². The van der Waals surface area contributed by atoms with Gasteiger partial charge in [-0.15, -0.1) is 0 Å². The van der Waals surface area contributed by atoms with Crippen molar-refractivity contribution in [3.8, 4) is 22.9 Å². The molecular weight excluding hydrogens is 406 g/mol. The SMILES string of the molecule is CN=C(NCc1nc(-c2ccc(Cl)cc2)no1)NC(C)c1cc(OC)ccc1OC. The molecular formula is C21H24ClN5O3. The van der Waals surface area contributed by atoms with Crippen molar-refractivity contribution in [2.24, 2.45) is 4.99 Å². The molecule has 8 nitrogen and oxygen atoms in total. The van der Waals surface area contributed by atoms with Crippen molar-refractivity contribution in [1.29, 1.82) is 0 Å². The third-order valence-electron chi connectivity index (χ3n) is 4.46. The predicted molar refractivity (Wildman–Crippen MR) is 116 cm³/mol. The van der Waals surface area contributed by atoms with E-state index in [1.807, 2.05) is 37.3 Å². The van der Waals surface area contributed by atoms with Crippen molar-refractivity contribution < 1.29 is 14.0 Å². The summed E-state index contributed by atoms with van der Waals surface area (Å²) in [6.45, 7) is 2.33. The quantitative estimate of drug-likeness (QED) is 0.435. The number of nitrogens with zero attached hydrogens (tertiary/aromatic N) is 3. The van der Waals surface area contributed by atoms with Gasteiger partial charge in [0, 0.05) is 23.2 Å². The number of ether oxygens (including phenoxy) is 2. The van der Waals surface area contributed by atoms with Crippen LogP contribution in [0, 0.1) is 0 Å². The normalized spacial score (nSPS) is 12.4. The number of methoxy groups -OCH3 is 2. The van der Waals surface area contributed by atoms with Crippen LogP contribution >= 0.6 is 11.6 Å². The summed E-state index contributed by atoms with van der Waals surface area (Å²) in [5.41, 5.74) is 1.78. The van der Waals surface area contributed by atoms with E-state index in [-0.39, 0.29) is 6.04 Å². The lowest BCUT2D eigenvalue weighted by atomic mass is 10.1. The minimum absolute atomic E-state index is 0.0893. The Balaban J connectivity index is 1.63. The third kappa shape index (κ3) is 5.21. The van der Waals surface area contributed by atoms with Crippen molar-refractivity contribution in [3.05, 3.63) is 58.9 Å². The molecule has 158 valence electrons. The van der Waals surface area contributed by atoms with Gasteiger partial charge in [0.1, 0.15) is 11.5 Å². The fourth-order valence-electron chi connectivity index (χ4n) is 2.86. The number of nitrogens with one attached hydrogen (secondary N) is 2. The summed E-state index contributed by atoms with van der Waals surface area (Å²) < 4.78 is 16.1. The maximum absolute atomic E-state index is 5.92. The maximum atomic E-state index is 5.92. The van der Waals surface area contributed by atoms with Crippen molar-refractivity contribution in [3.63, 3.8) is 0 Å². The molecule has 0 aliphatic rings. The summed E-state index contributed by atoms with van der Waals surface area (Å²) in [6, 6.07) is 12.8. The highest BCUT2D eigenvalue weighted by Gasteiger charge is 2.15. The second kappa shape index (κ2) is 9.98. The maximum Gasteiger partial charge on any atom is 0.246 e. The van der Waals surface area contributed by atoms with Crippen LogP contribution in [0.15, 0.2) is 52.0 Å². The fourth-order valence-corrected chi connectivity index (χ4v) is 2.98. The van der Waals surface area contributed by atoms with Crippen LogP contribution < -0.4 is 20.1 Å². The van der Waals surface area contributed by atoms with Gasteiger partial charge in [-0.05, 0) is 49.4 Å². The topological polar surface area (TPSA) is 93.8 Å². The van der Waals surface area contributed by atoms with Crippen molar-refractivity contribution in [2.45, 2.75) is 19.5 Å². The Morgan fingerprint density at radius 1 is 1.17 bits per heavy atom. The molecule has 0 saturated heterocycles. The van der Waals surface area contributed by atoms with Gasteiger partial charge in [-0.25, -0.2) is 0 Å². The van der Waals surface area contributed by atoms with Gasteiger partial charge in [-0.3, -0.25) is 4.99 Å². The number of benzene rings is 2. The molecule has 0 saturated carbocycles. The number of hydrogen-bond acceptors (Lipinski definition) is 6. The molecule has 1 unspecified atom stereocenters. The highest BCUT2D eigenvalue weighted by molar-refractivity contribution is 6.30. The fraction of sp³-hybridized carbons (Fsp3) is 0.286. The summed E-state index contributed by atoms with van der Waals surface area (Å²) in [5, 5.41) is 11.2. The van der Waals surface area contributed by atoms with Crippen molar-refractivity contribution >= 4 is 17.6 Å². The van der Waals surface area contributed by atoms with E-state index in [9.17, 15) is 0 Å². The van der Waals surface area contributed by atoms with Crippen LogP contribution in [0.5, 0.6) is 11.5 Å². The molecule has 3 aromatic rings. The molecule has 0 aliphatic carbocycles. The zero-order valence-corrected chi connectivity index (χ0v) is 18.0. The first-order valence-corrected chi connectivity index (χ1v) is 9.69.